The highest BCUT2D eigenvalue weighted by molar-refractivity contribution is 9.10. The van der Waals surface area contributed by atoms with Crippen LogP contribution in [0.2, 0.25) is 0 Å². The molecular weight excluding hydrogens is 338 g/mol. The van der Waals surface area contributed by atoms with Crippen LogP contribution in [0.3, 0.4) is 0 Å². The van der Waals surface area contributed by atoms with Gasteiger partial charge in [0.15, 0.2) is 0 Å². The minimum Gasteiger partial charge on any atom is -0.508 e. The Morgan fingerprint density at radius 3 is 2.48 bits per heavy atom. The lowest BCUT2D eigenvalue weighted by Gasteiger charge is -2.09. The molecule has 3 N–H and O–H groups in total. The molecule has 2 aromatic rings. The van der Waals surface area contributed by atoms with Gasteiger partial charge in [0.1, 0.15) is 5.75 Å². The van der Waals surface area contributed by atoms with Gasteiger partial charge in [0.2, 0.25) is 0 Å². The van der Waals surface area contributed by atoms with Gasteiger partial charge in [-0.3, -0.25) is 4.79 Å². The molecule has 1 amide bonds. The number of hydrogen-bond acceptors (Lipinski definition) is 3. The van der Waals surface area contributed by atoms with Crippen LogP contribution in [0.15, 0.2) is 40.9 Å². The second-order valence-corrected chi connectivity index (χ2v) is 5.31. The van der Waals surface area contributed by atoms with E-state index in [4.69, 9.17) is 5.11 Å². The molecule has 0 aliphatic heterocycles. The first-order valence-electron chi connectivity index (χ1n) is 6.02. The number of aromatic carboxylic acids is 1. The van der Waals surface area contributed by atoms with E-state index in [1.807, 2.05) is 6.92 Å². The average molecular weight is 350 g/mol. The number of hydrogen-bond donors (Lipinski definition) is 3. The van der Waals surface area contributed by atoms with E-state index in [-0.39, 0.29) is 17.0 Å². The second kappa shape index (κ2) is 5.97. The Bertz CT molecular complexity index is 728. The molecule has 21 heavy (non-hydrogen) atoms. The number of aryl methyl sites for hydroxylation is 1. The molecule has 0 heterocycles. The third-order valence-electron chi connectivity index (χ3n) is 2.90. The van der Waals surface area contributed by atoms with Crippen molar-refractivity contribution in [1.29, 1.82) is 0 Å². The first kappa shape index (κ1) is 15.1. The minimum atomic E-state index is -1.23. The van der Waals surface area contributed by atoms with Gasteiger partial charge >= 0.3 is 5.97 Å². The number of carboxylic acid groups (broad SMARTS) is 1. The molecule has 0 radical (unpaired) electrons. The summed E-state index contributed by atoms with van der Waals surface area (Å²) >= 11 is 3.35. The molecule has 0 aromatic heterocycles. The van der Waals surface area contributed by atoms with Crippen molar-refractivity contribution in [2.45, 2.75) is 6.92 Å². The van der Waals surface area contributed by atoms with Gasteiger partial charge in [-0.25, -0.2) is 4.79 Å². The molecule has 2 rings (SSSR count). The van der Waals surface area contributed by atoms with Gasteiger partial charge in [0.25, 0.3) is 5.91 Å². The number of halogens is 1. The third kappa shape index (κ3) is 3.41. The van der Waals surface area contributed by atoms with Gasteiger partial charge in [0, 0.05) is 10.0 Å². The van der Waals surface area contributed by atoms with Gasteiger partial charge in [-0.15, -0.1) is 0 Å². The zero-order valence-electron chi connectivity index (χ0n) is 11.1. The summed E-state index contributed by atoms with van der Waals surface area (Å²) in [5.41, 5.74) is 1.27. The van der Waals surface area contributed by atoms with Crippen molar-refractivity contribution in [3.05, 3.63) is 57.6 Å². The molecule has 108 valence electrons. The first-order chi connectivity index (χ1) is 9.88. The summed E-state index contributed by atoms with van der Waals surface area (Å²) in [5, 5.41) is 20.9. The van der Waals surface area contributed by atoms with Gasteiger partial charge in [0.05, 0.1) is 11.3 Å². The standard InChI is InChI=1S/C15H12BrNO4/c1-8-6-9(2-4-12(8)16)14(19)17-13-5-3-10(18)7-11(13)15(20)21/h2-7,18H,1H3,(H,17,19)(H,20,21). The molecule has 0 fully saturated rings. The molecule has 0 saturated carbocycles. The predicted molar refractivity (Wildman–Crippen MR) is 81.9 cm³/mol. The van der Waals surface area contributed by atoms with Crippen LogP contribution in [0.5, 0.6) is 5.75 Å². The highest BCUT2D eigenvalue weighted by Crippen LogP contribution is 2.23. The van der Waals surface area contributed by atoms with E-state index in [0.29, 0.717) is 5.56 Å². The fourth-order valence-electron chi connectivity index (χ4n) is 1.80. The highest BCUT2D eigenvalue weighted by Gasteiger charge is 2.14. The van der Waals surface area contributed by atoms with Crippen LogP contribution in [0.4, 0.5) is 5.69 Å². The van der Waals surface area contributed by atoms with E-state index in [1.165, 1.54) is 12.1 Å². The number of nitrogens with one attached hydrogen (secondary N) is 1. The molecule has 0 bridgehead atoms. The van der Waals surface area contributed by atoms with Crippen molar-refractivity contribution in [2.75, 3.05) is 5.32 Å². The molecule has 0 aliphatic rings. The largest absolute Gasteiger partial charge is 0.508 e. The molecule has 0 unspecified atom stereocenters. The van der Waals surface area contributed by atoms with Crippen LogP contribution in [0.1, 0.15) is 26.3 Å². The molecular formula is C15H12BrNO4. The van der Waals surface area contributed by atoms with E-state index < -0.39 is 11.9 Å². The van der Waals surface area contributed by atoms with Crippen molar-refractivity contribution in [3.63, 3.8) is 0 Å². The topological polar surface area (TPSA) is 86.6 Å². The molecule has 5 nitrogen and oxygen atoms in total. The van der Waals surface area contributed by atoms with Crippen LogP contribution >= 0.6 is 15.9 Å². The van der Waals surface area contributed by atoms with Crippen molar-refractivity contribution < 1.29 is 19.8 Å². The highest BCUT2D eigenvalue weighted by atomic mass is 79.9. The van der Waals surface area contributed by atoms with E-state index in [2.05, 4.69) is 21.2 Å². The van der Waals surface area contributed by atoms with E-state index >= 15 is 0 Å². The van der Waals surface area contributed by atoms with Crippen molar-refractivity contribution in [3.8, 4) is 5.75 Å². The Hall–Kier alpha value is -2.34. The number of benzene rings is 2. The average Bonchev–Trinajstić information content (AvgIpc) is 2.43. The maximum absolute atomic E-state index is 12.2. The van der Waals surface area contributed by atoms with Crippen molar-refractivity contribution in [2.24, 2.45) is 0 Å². The van der Waals surface area contributed by atoms with E-state index in [9.17, 15) is 14.7 Å². The first-order valence-corrected chi connectivity index (χ1v) is 6.81. The lowest BCUT2D eigenvalue weighted by Crippen LogP contribution is -2.15. The number of carbonyl (C=O) groups is 2. The van der Waals surface area contributed by atoms with E-state index in [0.717, 1.165) is 16.1 Å². The number of carboxylic acids is 1. The fourth-order valence-corrected chi connectivity index (χ4v) is 2.05. The molecule has 0 aliphatic carbocycles. The summed E-state index contributed by atoms with van der Waals surface area (Å²) in [6, 6.07) is 8.83. The Labute approximate surface area is 129 Å². The number of phenolic OH excluding ortho intramolecular Hbond substituents is 1. The number of phenols is 1. The molecule has 2 aromatic carbocycles. The summed E-state index contributed by atoms with van der Waals surface area (Å²) in [6.07, 6.45) is 0. The number of amides is 1. The van der Waals surface area contributed by atoms with Crippen LogP contribution in [0.25, 0.3) is 0 Å². The Kier molecular flexibility index (Phi) is 4.28. The number of rotatable bonds is 3. The summed E-state index contributed by atoms with van der Waals surface area (Å²) in [6.45, 7) is 1.85. The third-order valence-corrected chi connectivity index (χ3v) is 3.79. The van der Waals surface area contributed by atoms with Crippen LogP contribution in [0, 0.1) is 6.92 Å². The van der Waals surface area contributed by atoms with Crippen molar-refractivity contribution in [1.82, 2.24) is 0 Å². The van der Waals surface area contributed by atoms with Gasteiger partial charge < -0.3 is 15.5 Å². The second-order valence-electron chi connectivity index (χ2n) is 4.45. The smallest absolute Gasteiger partial charge is 0.337 e. The zero-order chi connectivity index (χ0) is 15.6. The quantitative estimate of drug-likeness (QED) is 0.741. The Morgan fingerprint density at radius 1 is 1.14 bits per heavy atom. The summed E-state index contributed by atoms with van der Waals surface area (Å²) in [7, 11) is 0. The summed E-state index contributed by atoms with van der Waals surface area (Å²) in [4.78, 5) is 23.3. The van der Waals surface area contributed by atoms with Gasteiger partial charge in [-0.2, -0.15) is 0 Å². The van der Waals surface area contributed by atoms with Crippen LogP contribution < -0.4 is 5.32 Å². The van der Waals surface area contributed by atoms with Gasteiger partial charge in [-0.05, 0) is 48.9 Å². The fraction of sp³-hybridized carbons (Fsp3) is 0.0667. The zero-order valence-corrected chi connectivity index (χ0v) is 12.6. The number of aromatic hydroxyl groups is 1. The van der Waals surface area contributed by atoms with Gasteiger partial charge in [-0.1, -0.05) is 15.9 Å². The number of anilines is 1. The summed E-state index contributed by atoms with van der Waals surface area (Å²) in [5.74, 6) is -1.82. The Balaban J connectivity index is 2.31. The SMILES string of the molecule is Cc1cc(C(=O)Nc2ccc(O)cc2C(=O)O)ccc1Br. The maximum atomic E-state index is 12.2. The molecule has 0 atom stereocenters. The molecule has 0 spiro atoms. The van der Waals surface area contributed by atoms with Crippen LogP contribution in [-0.4, -0.2) is 22.1 Å². The van der Waals surface area contributed by atoms with E-state index in [1.54, 1.807) is 18.2 Å². The lowest BCUT2D eigenvalue weighted by molar-refractivity contribution is 0.0697. The van der Waals surface area contributed by atoms with Crippen LogP contribution in [-0.2, 0) is 0 Å². The minimum absolute atomic E-state index is 0.130. The predicted octanol–water partition coefficient (Wildman–Crippen LogP) is 3.41. The molecule has 6 heteroatoms. The summed E-state index contributed by atoms with van der Waals surface area (Å²) < 4.78 is 0.884. The number of carbonyl (C=O) groups excluding carboxylic acids is 1. The Morgan fingerprint density at radius 2 is 1.86 bits per heavy atom. The van der Waals surface area contributed by atoms with Crippen molar-refractivity contribution >= 4 is 33.5 Å². The lowest BCUT2D eigenvalue weighted by atomic mass is 10.1. The maximum Gasteiger partial charge on any atom is 0.337 e. The molecule has 0 saturated heterocycles. The monoisotopic (exact) mass is 349 g/mol. The normalized spacial score (nSPS) is 10.2.